The Morgan fingerprint density at radius 2 is 1.67 bits per heavy atom. The molecule has 92 valence electrons. The molecule has 1 atom stereocenters. The van der Waals surface area contributed by atoms with Gasteiger partial charge in [0.05, 0.1) is 6.10 Å². The lowest BCUT2D eigenvalue weighted by atomic mass is 10.1. The third kappa shape index (κ3) is 10.1. The van der Waals surface area contributed by atoms with Gasteiger partial charge in [-0.25, -0.2) is 10.1 Å². The van der Waals surface area contributed by atoms with Crippen molar-refractivity contribution in [2.24, 2.45) is 0 Å². The van der Waals surface area contributed by atoms with Gasteiger partial charge in [-0.1, -0.05) is 52.4 Å². The van der Waals surface area contributed by atoms with Crippen LogP contribution in [-0.4, -0.2) is 11.4 Å². The molecule has 0 heterocycles. The van der Waals surface area contributed by atoms with E-state index in [1.54, 1.807) is 0 Å². The Balaban J connectivity index is 3.38. The van der Waals surface area contributed by atoms with Crippen molar-refractivity contribution in [2.45, 2.75) is 71.3 Å². The zero-order valence-corrected chi connectivity index (χ0v) is 9.91. The molecule has 0 aromatic carbocycles. The van der Waals surface area contributed by atoms with Gasteiger partial charge in [0.25, 0.3) is 0 Å². The zero-order valence-electron chi connectivity index (χ0n) is 9.91. The number of hydrogen-bond acceptors (Lipinski definition) is 4. The molecule has 0 aliphatic carbocycles. The SMILES string of the molecule is CCCCCCCC(CCC)OOOO. The van der Waals surface area contributed by atoms with Gasteiger partial charge in [0, 0.05) is 0 Å². The Morgan fingerprint density at radius 3 is 2.27 bits per heavy atom. The van der Waals surface area contributed by atoms with Gasteiger partial charge in [0.2, 0.25) is 0 Å². The molecule has 0 aliphatic heterocycles. The molecular weight excluding hydrogens is 196 g/mol. The lowest BCUT2D eigenvalue weighted by molar-refractivity contribution is -0.632. The minimum Gasteiger partial charge on any atom is -0.219 e. The standard InChI is InChI=1S/C11H24O4/c1-3-5-6-7-8-10-11(9-4-2)13-15-14-12/h11-12H,3-10H2,1-2H3. The highest BCUT2D eigenvalue weighted by atomic mass is 17.6. The van der Waals surface area contributed by atoms with E-state index in [1.165, 1.54) is 25.7 Å². The van der Waals surface area contributed by atoms with E-state index in [9.17, 15) is 0 Å². The second-order valence-electron chi connectivity index (χ2n) is 3.85. The number of unbranched alkanes of at least 4 members (excludes halogenated alkanes) is 4. The summed E-state index contributed by atoms with van der Waals surface area (Å²) in [4.78, 5) is 4.87. The van der Waals surface area contributed by atoms with E-state index >= 15 is 0 Å². The van der Waals surface area contributed by atoms with Gasteiger partial charge < -0.3 is 0 Å². The van der Waals surface area contributed by atoms with Crippen LogP contribution in [0, 0.1) is 0 Å². The van der Waals surface area contributed by atoms with E-state index in [1.807, 2.05) is 0 Å². The average Bonchev–Trinajstić information content (AvgIpc) is 2.25. The molecule has 0 bridgehead atoms. The summed E-state index contributed by atoms with van der Waals surface area (Å²) in [7, 11) is 0. The van der Waals surface area contributed by atoms with Crippen molar-refractivity contribution >= 4 is 0 Å². The minimum absolute atomic E-state index is 0.0313. The maximum absolute atomic E-state index is 7.98. The summed E-state index contributed by atoms with van der Waals surface area (Å²) in [6.07, 6.45) is 9.17. The normalized spacial score (nSPS) is 13.0. The van der Waals surface area contributed by atoms with Crippen LogP contribution in [0.15, 0.2) is 0 Å². The van der Waals surface area contributed by atoms with Crippen LogP contribution in [0.3, 0.4) is 0 Å². The topological polar surface area (TPSA) is 47.9 Å². The van der Waals surface area contributed by atoms with Gasteiger partial charge >= 0.3 is 0 Å². The van der Waals surface area contributed by atoms with Crippen LogP contribution in [0.2, 0.25) is 0 Å². The molecule has 0 fully saturated rings. The average molecular weight is 220 g/mol. The molecule has 1 unspecified atom stereocenters. The van der Waals surface area contributed by atoms with Crippen molar-refractivity contribution in [3.05, 3.63) is 0 Å². The van der Waals surface area contributed by atoms with Crippen LogP contribution >= 0.6 is 0 Å². The molecule has 0 aromatic heterocycles. The zero-order chi connectivity index (χ0) is 11.4. The van der Waals surface area contributed by atoms with Gasteiger partial charge in [0.15, 0.2) is 0 Å². The predicted octanol–water partition coefficient (Wildman–Crippen LogP) is 3.87. The Morgan fingerprint density at radius 1 is 0.933 bits per heavy atom. The molecule has 0 aliphatic rings. The van der Waals surface area contributed by atoms with Crippen molar-refractivity contribution in [1.29, 1.82) is 0 Å². The highest BCUT2D eigenvalue weighted by molar-refractivity contribution is 4.56. The number of rotatable bonds is 11. The first-order valence-electron chi connectivity index (χ1n) is 5.98. The highest BCUT2D eigenvalue weighted by Crippen LogP contribution is 2.13. The molecule has 0 saturated heterocycles. The summed E-state index contributed by atoms with van der Waals surface area (Å²) in [5.74, 6) is 0. The van der Waals surface area contributed by atoms with Crippen LogP contribution in [0.5, 0.6) is 0 Å². The van der Waals surface area contributed by atoms with Crippen molar-refractivity contribution in [1.82, 2.24) is 0 Å². The van der Waals surface area contributed by atoms with Crippen LogP contribution < -0.4 is 0 Å². The minimum atomic E-state index is 0.0313. The second-order valence-corrected chi connectivity index (χ2v) is 3.85. The van der Waals surface area contributed by atoms with E-state index in [2.05, 4.69) is 23.9 Å². The fourth-order valence-electron chi connectivity index (χ4n) is 1.61. The van der Waals surface area contributed by atoms with E-state index in [0.717, 1.165) is 25.7 Å². The third-order valence-electron chi connectivity index (χ3n) is 2.45. The molecule has 1 N–H and O–H groups in total. The Kier molecular flexibility index (Phi) is 11.8. The fourth-order valence-corrected chi connectivity index (χ4v) is 1.61. The molecule has 0 radical (unpaired) electrons. The molecule has 4 nitrogen and oxygen atoms in total. The van der Waals surface area contributed by atoms with Crippen LogP contribution in [0.4, 0.5) is 0 Å². The summed E-state index contributed by atoms with van der Waals surface area (Å²) in [6, 6.07) is 0. The van der Waals surface area contributed by atoms with Gasteiger partial charge in [-0.3, -0.25) is 0 Å². The summed E-state index contributed by atoms with van der Waals surface area (Å²) < 4.78 is 0. The van der Waals surface area contributed by atoms with E-state index < -0.39 is 0 Å². The van der Waals surface area contributed by atoms with Gasteiger partial charge in [-0.2, -0.15) is 0 Å². The summed E-state index contributed by atoms with van der Waals surface area (Å²) in [5.41, 5.74) is 0. The summed E-state index contributed by atoms with van der Waals surface area (Å²) in [6.45, 7) is 4.29. The molecule has 4 heteroatoms. The summed E-state index contributed by atoms with van der Waals surface area (Å²) >= 11 is 0. The highest BCUT2D eigenvalue weighted by Gasteiger charge is 2.09. The first-order valence-corrected chi connectivity index (χ1v) is 5.98. The molecule has 0 amide bonds. The smallest absolute Gasteiger partial charge is 0.0962 e. The molecular formula is C11H24O4. The molecule has 0 spiro atoms. The monoisotopic (exact) mass is 220 g/mol. The largest absolute Gasteiger partial charge is 0.219 e. The molecule has 0 rings (SSSR count). The van der Waals surface area contributed by atoms with Crippen molar-refractivity contribution < 1.29 is 20.2 Å². The lowest BCUT2D eigenvalue weighted by Crippen LogP contribution is -2.13. The lowest BCUT2D eigenvalue weighted by Gasteiger charge is -2.13. The predicted molar refractivity (Wildman–Crippen MR) is 58.0 cm³/mol. The van der Waals surface area contributed by atoms with Crippen molar-refractivity contribution in [3.63, 3.8) is 0 Å². The van der Waals surface area contributed by atoms with Gasteiger partial charge in [-0.05, 0) is 22.9 Å². The van der Waals surface area contributed by atoms with Crippen LogP contribution in [0.1, 0.15) is 65.2 Å². The van der Waals surface area contributed by atoms with E-state index in [4.69, 9.17) is 10.1 Å². The first-order chi connectivity index (χ1) is 7.35. The Bertz CT molecular complexity index is 119. The maximum Gasteiger partial charge on any atom is 0.0962 e. The van der Waals surface area contributed by atoms with E-state index in [-0.39, 0.29) is 6.10 Å². The molecule has 15 heavy (non-hydrogen) atoms. The van der Waals surface area contributed by atoms with Crippen molar-refractivity contribution in [3.8, 4) is 0 Å². The maximum atomic E-state index is 7.98. The quantitative estimate of drug-likeness (QED) is 0.326. The van der Waals surface area contributed by atoms with Crippen LogP contribution in [-0.2, 0) is 15.0 Å². The molecule has 0 saturated carbocycles. The van der Waals surface area contributed by atoms with Crippen molar-refractivity contribution in [2.75, 3.05) is 0 Å². The Hall–Kier alpha value is -0.160. The fraction of sp³-hybridized carbons (Fsp3) is 1.00. The first kappa shape index (κ1) is 14.8. The van der Waals surface area contributed by atoms with E-state index in [0.29, 0.717) is 0 Å². The summed E-state index contributed by atoms with van der Waals surface area (Å²) in [5, 5.41) is 15.5. The molecule has 0 aromatic rings. The third-order valence-corrected chi connectivity index (χ3v) is 2.45. The van der Waals surface area contributed by atoms with Gasteiger partial charge in [0.1, 0.15) is 0 Å². The van der Waals surface area contributed by atoms with Gasteiger partial charge in [-0.15, -0.1) is 0 Å². The van der Waals surface area contributed by atoms with Crippen LogP contribution in [0.25, 0.3) is 0 Å². The Labute approximate surface area is 92.3 Å². The second kappa shape index (κ2) is 11.9. The number of hydrogen-bond donors (Lipinski definition) is 1.